The third kappa shape index (κ3) is 6.27. The summed E-state index contributed by atoms with van der Waals surface area (Å²) in [5.41, 5.74) is 0. The number of aliphatic carboxylic acids is 1. The molecule has 0 spiro atoms. The summed E-state index contributed by atoms with van der Waals surface area (Å²) in [5, 5.41) is 11.5. The number of alkyl carbamates (subject to hydrolysis) is 1. The Morgan fingerprint density at radius 1 is 1.37 bits per heavy atom. The SMILES string of the molecule is C=CCOC(=O)N[C@@H](CCC1CCCCC1)C(=O)O. The normalized spacial score (nSPS) is 17.5. The summed E-state index contributed by atoms with van der Waals surface area (Å²) < 4.78 is 4.73. The second-order valence-corrected chi connectivity index (χ2v) is 5.00. The molecule has 0 aliphatic heterocycles. The van der Waals surface area contributed by atoms with Gasteiger partial charge in [-0.25, -0.2) is 9.59 Å². The van der Waals surface area contributed by atoms with E-state index in [0.29, 0.717) is 12.3 Å². The lowest BCUT2D eigenvalue weighted by Crippen LogP contribution is -2.41. The Bertz CT molecular complexity index is 311. The van der Waals surface area contributed by atoms with E-state index in [0.717, 1.165) is 6.42 Å². The molecule has 1 aliphatic carbocycles. The molecule has 1 fully saturated rings. The van der Waals surface area contributed by atoms with Gasteiger partial charge in [0.05, 0.1) is 0 Å². The van der Waals surface area contributed by atoms with Gasteiger partial charge in [-0.3, -0.25) is 0 Å². The predicted molar refractivity (Wildman–Crippen MR) is 71.9 cm³/mol. The highest BCUT2D eigenvalue weighted by atomic mass is 16.5. The third-order valence-electron chi connectivity index (χ3n) is 3.51. The van der Waals surface area contributed by atoms with E-state index in [1.54, 1.807) is 0 Å². The molecule has 0 aromatic rings. The zero-order chi connectivity index (χ0) is 14.1. The Morgan fingerprint density at radius 3 is 2.63 bits per heavy atom. The zero-order valence-corrected chi connectivity index (χ0v) is 11.3. The fraction of sp³-hybridized carbons (Fsp3) is 0.714. The fourth-order valence-corrected chi connectivity index (χ4v) is 2.45. The molecule has 1 rings (SSSR count). The molecule has 1 amide bonds. The number of carbonyl (C=O) groups is 2. The van der Waals surface area contributed by atoms with Gasteiger partial charge >= 0.3 is 12.1 Å². The predicted octanol–water partition coefficient (Wildman–Crippen LogP) is 2.71. The van der Waals surface area contributed by atoms with Crippen LogP contribution in [0.4, 0.5) is 4.79 Å². The molecule has 1 saturated carbocycles. The van der Waals surface area contributed by atoms with E-state index in [-0.39, 0.29) is 6.61 Å². The van der Waals surface area contributed by atoms with Crippen molar-refractivity contribution in [3.63, 3.8) is 0 Å². The minimum Gasteiger partial charge on any atom is -0.480 e. The van der Waals surface area contributed by atoms with Gasteiger partial charge in [0.2, 0.25) is 0 Å². The number of carboxylic acid groups (broad SMARTS) is 1. The van der Waals surface area contributed by atoms with Crippen molar-refractivity contribution in [2.24, 2.45) is 5.92 Å². The first-order valence-electron chi connectivity index (χ1n) is 6.90. The summed E-state index contributed by atoms with van der Waals surface area (Å²) in [7, 11) is 0. The maximum atomic E-state index is 11.3. The first-order valence-corrected chi connectivity index (χ1v) is 6.90. The van der Waals surface area contributed by atoms with Gasteiger partial charge in [-0.05, 0) is 18.8 Å². The van der Waals surface area contributed by atoms with Crippen LogP contribution >= 0.6 is 0 Å². The number of carbonyl (C=O) groups excluding carboxylic acids is 1. The molecular weight excluding hydrogens is 246 g/mol. The van der Waals surface area contributed by atoms with Crippen LogP contribution in [0, 0.1) is 5.92 Å². The topological polar surface area (TPSA) is 75.6 Å². The average Bonchev–Trinajstić information content (AvgIpc) is 2.42. The summed E-state index contributed by atoms with van der Waals surface area (Å²) in [6.07, 6.45) is 8.15. The molecule has 0 aromatic carbocycles. The molecule has 0 saturated heterocycles. The van der Waals surface area contributed by atoms with Crippen LogP contribution in [0.1, 0.15) is 44.9 Å². The number of amides is 1. The van der Waals surface area contributed by atoms with Gasteiger partial charge in [-0.1, -0.05) is 44.8 Å². The van der Waals surface area contributed by atoms with Gasteiger partial charge in [0.15, 0.2) is 0 Å². The second-order valence-electron chi connectivity index (χ2n) is 5.00. The van der Waals surface area contributed by atoms with Gasteiger partial charge < -0.3 is 15.2 Å². The van der Waals surface area contributed by atoms with Crippen LogP contribution in [0.15, 0.2) is 12.7 Å². The quantitative estimate of drug-likeness (QED) is 0.697. The third-order valence-corrected chi connectivity index (χ3v) is 3.51. The molecule has 19 heavy (non-hydrogen) atoms. The van der Waals surface area contributed by atoms with E-state index in [4.69, 9.17) is 9.84 Å². The largest absolute Gasteiger partial charge is 0.480 e. The summed E-state index contributed by atoms with van der Waals surface area (Å²) in [4.78, 5) is 22.4. The highest BCUT2D eigenvalue weighted by Gasteiger charge is 2.22. The maximum absolute atomic E-state index is 11.3. The molecule has 0 unspecified atom stereocenters. The Hall–Kier alpha value is -1.52. The molecule has 0 bridgehead atoms. The number of nitrogens with one attached hydrogen (secondary N) is 1. The monoisotopic (exact) mass is 269 g/mol. The van der Waals surface area contributed by atoms with E-state index >= 15 is 0 Å². The smallest absolute Gasteiger partial charge is 0.408 e. The average molecular weight is 269 g/mol. The van der Waals surface area contributed by atoms with E-state index in [1.165, 1.54) is 38.2 Å². The van der Waals surface area contributed by atoms with E-state index < -0.39 is 18.1 Å². The molecule has 0 heterocycles. The van der Waals surface area contributed by atoms with Crippen molar-refractivity contribution in [1.29, 1.82) is 0 Å². The van der Waals surface area contributed by atoms with Crippen LogP contribution in [-0.4, -0.2) is 29.8 Å². The van der Waals surface area contributed by atoms with E-state index in [9.17, 15) is 9.59 Å². The highest BCUT2D eigenvalue weighted by Crippen LogP contribution is 2.27. The molecule has 5 nitrogen and oxygen atoms in total. The Balaban J connectivity index is 2.32. The van der Waals surface area contributed by atoms with E-state index in [1.807, 2.05) is 0 Å². The van der Waals surface area contributed by atoms with Crippen LogP contribution in [-0.2, 0) is 9.53 Å². The van der Waals surface area contributed by atoms with Gasteiger partial charge in [-0.2, -0.15) is 0 Å². The van der Waals surface area contributed by atoms with Gasteiger partial charge in [0, 0.05) is 0 Å². The summed E-state index contributed by atoms with van der Waals surface area (Å²) >= 11 is 0. The summed E-state index contributed by atoms with van der Waals surface area (Å²) in [5.74, 6) is -0.409. The lowest BCUT2D eigenvalue weighted by molar-refractivity contribution is -0.139. The number of carboxylic acids is 1. The van der Waals surface area contributed by atoms with Crippen molar-refractivity contribution < 1.29 is 19.4 Å². The van der Waals surface area contributed by atoms with Crippen molar-refractivity contribution in [2.75, 3.05) is 6.61 Å². The Morgan fingerprint density at radius 2 is 2.05 bits per heavy atom. The van der Waals surface area contributed by atoms with Crippen LogP contribution < -0.4 is 5.32 Å². The summed E-state index contributed by atoms with van der Waals surface area (Å²) in [6, 6.07) is -0.862. The molecule has 2 N–H and O–H groups in total. The first kappa shape index (κ1) is 15.5. The van der Waals surface area contributed by atoms with Crippen LogP contribution in [0.2, 0.25) is 0 Å². The molecule has 0 radical (unpaired) electrons. The van der Waals surface area contributed by atoms with Gasteiger partial charge in [0.25, 0.3) is 0 Å². The Kier molecular flexibility index (Phi) is 7.00. The second kappa shape index (κ2) is 8.56. The van der Waals surface area contributed by atoms with Crippen molar-refractivity contribution in [1.82, 2.24) is 5.32 Å². The number of hydrogen-bond donors (Lipinski definition) is 2. The maximum Gasteiger partial charge on any atom is 0.408 e. The van der Waals surface area contributed by atoms with Crippen molar-refractivity contribution in [3.05, 3.63) is 12.7 Å². The Labute approximate surface area is 114 Å². The minimum atomic E-state index is -1.01. The highest BCUT2D eigenvalue weighted by molar-refractivity contribution is 5.79. The molecular formula is C14H23NO4. The van der Waals surface area contributed by atoms with Gasteiger partial charge in [0.1, 0.15) is 12.6 Å². The number of ether oxygens (including phenoxy) is 1. The van der Waals surface area contributed by atoms with Crippen molar-refractivity contribution in [2.45, 2.75) is 51.0 Å². The molecule has 1 aliphatic rings. The molecule has 0 aromatic heterocycles. The minimum absolute atomic E-state index is 0.0841. The van der Waals surface area contributed by atoms with Crippen molar-refractivity contribution in [3.8, 4) is 0 Å². The summed E-state index contributed by atoms with van der Waals surface area (Å²) in [6.45, 7) is 3.51. The standard InChI is InChI=1S/C14H23NO4/c1-2-10-19-14(18)15-12(13(16)17)9-8-11-6-4-3-5-7-11/h2,11-12H,1,3-10H2,(H,15,18)(H,16,17)/t12-/m0/s1. The van der Waals surface area contributed by atoms with Crippen LogP contribution in [0.3, 0.4) is 0 Å². The van der Waals surface area contributed by atoms with Crippen molar-refractivity contribution >= 4 is 12.1 Å². The molecule has 5 heteroatoms. The van der Waals surface area contributed by atoms with E-state index in [2.05, 4.69) is 11.9 Å². The first-order chi connectivity index (χ1) is 9.13. The van der Waals surface area contributed by atoms with Crippen LogP contribution in [0.5, 0.6) is 0 Å². The lowest BCUT2D eigenvalue weighted by Gasteiger charge is -2.23. The molecule has 108 valence electrons. The number of hydrogen-bond acceptors (Lipinski definition) is 3. The molecule has 1 atom stereocenters. The van der Waals surface area contributed by atoms with Crippen LogP contribution in [0.25, 0.3) is 0 Å². The lowest BCUT2D eigenvalue weighted by atomic mass is 9.85. The van der Waals surface area contributed by atoms with Gasteiger partial charge in [-0.15, -0.1) is 0 Å². The number of rotatable bonds is 7. The fourth-order valence-electron chi connectivity index (χ4n) is 2.45. The zero-order valence-electron chi connectivity index (χ0n) is 11.3.